The Balaban J connectivity index is 1.67. The van der Waals surface area contributed by atoms with Gasteiger partial charge in [0.25, 0.3) is 0 Å². The van der Waals surface area contributed by atoms with Crippen molar-refractivity contribution in [2.45, 2.75) is 24.7 Å². The van der Waals surface area contributed by atoms with E-state index in [1.165, 1.54) is 22.2 Å². The van der Waals surface area contributed by atoms with Gasteiger partial charge in [-0.05, 0) is 67.7 Å². The van der Waals surface area contributed by atoms with Gasteiger partial charge in [0.15, 0.2) is 0 Å². The third-order valence-electron chi connectivity index (χ3n) is 6.52. The molecule has 1 fully saturated rings. The van der Waals surface area contributed by atoms with E-state index in [0.29, 0.717) is 11.7 Å². The van der Waals surface area contributed by atoms with Crippen molar-refractivity contribution >= 4 is 10.9 Å². The number of aromatic hydroxyl groups is 1. The van der Waals surface area contributed by atoms with E-state index in [0.717, 1.165) is 37.9 Å². The number of hydrogen-bond donors (Lipinski definition) is 1. The first-order valence-corrected chi connectivity index (χ1v) is 9.50. The molecule has 1 aromatic heterocycles. The molecule has 0 spiro atoms. The van der Waals surface area contributed by atoms with Crippen LogP contribution in [0.4, 0.5) is 0 Å². The zero-order valence-electron chi connectivity index (χ0n) is 15.2. The first-order chi connectivity index (χ1) is 12.6. The lowest BCUT2D eigenvalue weighted by Crippen LogP contribution is -2.53. The molecule has 1 aliphatic carbocycles. The number of para-hydroxylation sites is 1. The maximum atomic E-state index is 10.1. The summed E-state index contributed by atoms with van der Waals surface area (Å²) < 4.78 is 0. The average Bonchev–Trinajstić information content (AvgIpc) is 2.65. The molecular formula is C23H24N2O. The molecule has 0 amide bonds. The minimum absolute atomic E-state index is 0.0771. The summed E-state index contributed by atoms with van der Waals surface area (Å²) in [6.07, 6.45) is 3.15. The Bertz CT molecular complexity index is 983. The van der Waals surface area contributed by atoms with Crippen molar-refractivity contribution in [2.75, 3.05) is 20.1 Å². The van der Waals surface area contributed by atoms with Crippen molar-refractivity contribution in [1.82, 2.24) is 9.88 Å². The van der Waals surface area contributed by atoms with Gasteiger partial charge in [-0.2, -0.15) is 0 Å². The number of nitrogens with zero attached hydrogens (tertiary/aromatic N) is 2. The van der Waals surface area contributed by atoms with Gasteiger partial charge in [-0.1, -0.05) is 30.3 Å². The minimum atomic E-state index is 0.0771. The van der Waals surface area contributed by atoms with Crippen LogP contribution in [0.5, 0.6) is 5.75 Å². The molecule has 5 rings (SSSR count). The highest BCUT2D eigenvalue weighted by atomic mass is 16.3. The van der Waals surface area contributed by atoms with Crippen LogP contribution in [0, 0.1) is 5.92 Å². The number of fused-ring (bicyclic) bond motifs is 3. The molecule has 0 radical (unpaired) electrons. The van der Waals surface area contributed by atoms with Crippen LogP contribution in [0.15, 0.2) is 54.6 Å². The smallest absolute Gasteiger partial charge is 0.115 e. The lowest BCUT2D eigenvalue weighted by atomic mass is 9.58. The molecular weight excluding hydrogens is 320 g/mol. The SMILES string of the molecule is CN1CC[C@]2(c3cccc(O)c3)Cc3nc4ccccc4cc3C[C@@H]2C1. The third kappa shape index (κ3) is 2.42. The molecule has 2 heterocycles. The zero-order valence-corrected chi connectivity index (χ0v) is 15.2. The topological polar surface area (TPSA) is 36.4 Å². The Kier molecular flexibility index (Phi) is 3.54. The van der Waals surface area contributed by atoms with Crippen LogP contribution in [0.3, 0.4) is 0 Å². The van der Waals surface area contributed by atoms with Crippen molar-refractivity contribution in [2.24, 2.45) is 5.92 Å². The van der Waals surface area contributed by atoms with E-state index in [1.54, 1.807) is 6.07 Å². The van der Waals surface area contributed by atoms with E-state index in [2.05, 4.69) is 48.3 Å². The second-order valence-electron chi connectivity index (χ2n) is 8.08. The summed E-state index contributed by atoms with van der Waals surface area (Å²) in [4.78, 5) is 7.49. The molecule has 2 aliphatic rings. The molecule has 2 atom stereocenters. The lowest BCUT2D eigenvalue weighted by molar-refractivity contribution is 0.0987. The molecule has 1 aliphatic heterocycles. The average molecular weight is 344 g/mol. The highest BCUT2D eigenvalue weighted by Crippen LogP contribution is 2.48. The van der Waals surface area contributed by atoms with Gasteiger partial charge in [-0.3, -0.25) is 4.98 Å². The number of hydrogen-bond acceptors (Lipinski definition) is 3. The van der Waals surface area contributed by atoms with Gasteiger partial charge < -0.3 is 10.0 Å². The molecule has 0 bridgehead atoms. The van der Waals surface area contributed by atoms with E-state index < -0.39 is 0 Å². The molecule has 1 saturated heterocycles. The van der Waals surface area contributed by atoms with E-state index in [1.807, 2.05) is 12.1 Å². The van der Waals surface area contributed by atoms with Crippen molar-refractivity contribution in [3.05, 3.63) is 71.4 Å². The first-order valence-electron chi connectivity index (χ1n) is 9.50. The van der Waals surface area contributed by atoms with Crippen LogP contribution < -0.4 is 0 Å². The van der Waals surface area contributed by atoms with Crippen LogP contribution >= 0.6 is 0 Å². The van der Waals surface area contributed by atoms with Gasteiger partial charge in [-0.15, -0.1) is 0 Å². The van der Waals surface area contributed by atoms with Gasteiger partial charge >= 0.3 is 0 Å². The summed E-state index contributed by atoms with van der Waals surface area (Å²) in [5.74, 6) is 0.922. The summed E-state index contributed by atoms with van der Waals surface area (Å²) in [5.41, 5.74) is 5.08. The number of aromatic nitrogens is 1. The van der Waals surface area contributed by atoms with Gasteiger partial charge in [0.2, 0.25) is 0 Å². The maximum absolute atomic E-state index is 10.1. The summed E-state index contributed by atoms with van der Waals surface area (Å²) in [7, 11) is 2.22. The molecule has 2 aromatic carbocycles. The Hall–Kier alpha value is -2.39. The molecule has 3 aromatic rings. The molecule has 1 N–H and O–H groups in total. The van der Waals surface area contributed by atoms with Crippen LogP contribution in [0.2, 0.25) is 0 Å². The second kappa shape index (κ2) is 5.82. The number of phenolic OH excluding ortho intramolecular Hbond substituents is 1. The molecule has 26 heavy (non-hydrogen) atoms. The quantitative estimate of drug-likeness (QED) is 0.727. The summed E-state index contributed by atoms with van der Waals surface area (Å²) in [6, 6.07) is 18.7. The van der Waals surface area contributed by atoms with E-state index in [-0.39, 0.29) is 5.41 Å². The highest BCUT2D eigenvalue weighted by molar-refractivity contribution is 5.79. The number of rotatable bonds is 1. The first kappa shape index (κ1) is 15.8. The minimum Gasteiger partial charge on any atom is -0.508 e. The molecule has 132 valence electrons. The molecule has 3 nitrogen and oxygen atoms in total. The number of piperidine rings is 1. The van der Waals surface area contributed by atoms with Crippen molar-refractivity contribution in [3.8, 4) is 5.75 Å². The second-order valence-corrected chi connectivity index (χ2v) is 8.08. The zero-order chi connectivity index (χ0) is 17.7. The van der Waals surface area contributed by atoms with Crippen LogP contribution in [0.1, 0.15) is 23.2 Å². The van der Waals surface area contributed by atoms with Crippen molar-refractivity contribution in [3.63, 3.8) is 0 Å². The van der Waals surface area contributed by atoms with Gasteiger partial charge in [0.1, 0.15) is 5.75 Å². The Labute approximate surface area is 154 Å². The van der Waals surface area contributed by atoms with E-state index in [4.69, 9.17) is 4.98 Å². The number of benzene rings is 2. The largest absolute Gasteiger partial charge is 0.508 e. The van der Waals surface area contributed by atoms with E-state index in [9.17, 15) is 5.11 Å². The summed E-state index contributed by atoms with van der Waals surface area (Å²) in [6.45, 7) is 2.19. The van der Waals surface area contributed by atoms with Gasteiger partial charge in [0.05, 0.1) is 5.52 Å². The fraction of sp³-hybridized carbons (Fsp3) is 0.348. The fourth-order valence-electron chi connectivity index (χ4n) is 5.12. The van der Waals surface area contributed by atoms with Crippen LogP contribution in [-0.4, -0.2) is 35.1 Å². The van der Waals surface area contributed by atoms with Crippen LogP contribution in [0.25, 0.3) is 10.9 Å². The standard InChI is InChI=1S/C23H24N2O/c1-25-10-9-23(18-6-4-7-20(26)13-18)14-22-17(12-19(23)15-25)11-16-5-2-3-8-21(16)24-22/h2-8,11,13,19,26H,9-10,12,14-15H2,1H3/t19-,23-/m1/s1. The molecule has 0 unspecified atom stereocenters. The predicted molar refractivity (Wildman–Crippen MR) is 105 cm³/mol. The van der Waals surface area contributed by atoms with E-state index >= 15 is 0 Å². The molecule has 3 heteroatoms. The Morgan fingerprint density at radius 2 is 2.00 bits per heavy atom. The lowest BCUT2D eigenvalue weighted by Gasteiger charge is -2.50. The predicted octanol–water partition coefficient (Wildman–Crippen LogP) is 3.93. The van der Waals surface area contributed by atoms with Crippen molar-refractivity contribution in [1.29, 1.82) is 0 Å². The highest BCUT2D eigenvalue weighted by Gasteiger charge is 2.47. The number of pyridine rings is 1. The Morgan fingerprint density at radius 3 is 2.88 bits per heavy atom. The Morgan fingerprint density at radius 1 is 1.12 bits per heavy atom. The maximum Gasteiger partial charge on any atom is 0.115 e. The fourth-order valence-corrected chi connectivity index (χ4v) is 5.12. The van der Waals surface area contributed by atoms with Crippen LogP contribution in [-0.2, 0) is 18.3 Å². The summed E-state index contributed by atoms with van der Waals surface area (Å²) >= 11 is 0. The third-order valence-corrected chi connectivity index (χ3v) is 6.52. The summed E-state index contributed by atoms with van der Waals surface area (Å²) in [5, 5.41) is 11.3. The normalized spacial score (nSPS) is 25.7. The molecule has 0 saturated carbocycles. The number of likely N-dealkylation sites (tertiary alicyclic amines) is 1. The monoisotopic (exact) mass is 344 g/mol. The van der Waals surface area contributed by atoms with Gasteiger partial charge in [-0.25, -0.2) is 0 Å². The van der Waals surface area contributed by atoms with Crippen molar-refractivity contribution < 1.29 is 5.11 Å². The van der Waals surface area contributed by atoms with Gasteiger partial charge in [0, 0.05) is 29.5 Å². The number of phenols is 1.